The zero-order valence-electron chi connectivity index (χ0n) is 17.1. The molecule has 4 saturated carbocycles. The summed E-state index contributed by atoms with van der Waals surface area (Å²) in [6.45, 7) is 8.24. The molecule has 8 atom stereocenters. The van der Waals surface area contributed by atoms with Crippen LogP contribution in [0.1, 0.15) is 97.8 Å². The Labute approximate surface area is 156 Å². The van der Waals surface area contributed by atoms with Crippen LogP contribution in [0.3, 0.4) is 0 Å². The molecule has 0 saturated heterocycles. The molecule has 0 aromatic heterocycles. The molecule has 144 valence electrons. The Kier molecular flexibility index (Phi) is 5.02. The number of aliphatic hydroxyl groups excluding tert-OH is 1. The van der Waals surface area contributed by atoms with Crippen molar-refractivity contribution in [1.82, 2.24) is 0 Å². The Morgan fingerprint density at radius 2 is 1.68 bits per heavy atom. The molecule has 0 radical (unpaired) electrons. The zero-order valence-corrected chi connectivity index (χ0v) is 17.1. The predicted molar refractivity (Wildman–Crippen MR) is 105 cm³/mol. The van der Waals surface area contributed by atoms with Crippen molar-refractivity contribution in [2.75, 3.05) is 6.61 Å². The highest BCUT2D eigenvalue weighted by Crippen LogP contribution is 2.68. The SMILES string of the molecule is C[C@H](CCCO)[C@H]1CC[C@H]2[C@@H]3CCC4CCCC[C@]4(C)[C@H]3CC[C@]12C. The van der Waals surface area contributed by atoms with Crippen LogP contribution >= 0.6 is 0 Å². The van der Waals surface area contributed by atoms with Crippen LogP contribution in [-0.4, -0.2) is 11.7 Å². The molecule has 25 heavy (non-hydrogen) atoms. The number of rotatable bonds is 4. The Morgan fingerprint density at radius 1 is 0.880 bits per heavy atom. The molecule has 1 unspecified atom stereocenters. The van der Waals surface area contributed by atoms with Crippen molar-refractivity contribution in [3.8, 4) is 0 Å². The molecule has 0 amide bonds. The van der Waals surface area contributed by atoms with Crippen LogP contribution in [-0.2, 0) is 0 Å². The molecule has 0 spiro atoms. The summed E-state index contributed by atoms with van der Waals surface area (Å²) in [7, 11) is 0. The topological polar surface area (TPSA) is 20.2 Å². The summed E-state index contributed by atoms with van der Waals surface area (Å²) in [4.78, 5) is 0. The molecule has 4 aliphatic rings. The van der Waals surface area contributed by atoms with Gasteiger partial charge in [-0.3, -0.25) is 0 Å². The highest BCUT2D eigenvalue weighted by molar-refractivity contribution is 5.09. The van der Waals surface area contributed by atoms with Crippen LogP contribution in [0.25, 0.3) is 0 Å². The van der Waals surface area contributed by atoms with Gasteiger partial charge in [-0.2, -0.15) is 0 Å². The van der Waals surface area contributed by atoms with E-state index in [9.17, 15) is 5.11 Å². The monoisotopic (exact) mass is 346 g/mol. The fourth-order valence-corrected chi connectivity index (χ4v) is 8.88. The summed E-state index contributed by atoms with van der Waals surface area (Å²) in [6, 6.07) is 0. The lowest BCUT2D eigenvalue weighted by molar-refractivity contribution is -0.114. The van der Waals surface area contributed by atoms with Gasteiger partial charge in [0.1, 0.15) is 0 Å². The van der Waals surface area contributed by atoms with Gasteiger partial charge >= 0.3 is 0 Å². The second-order valence-electron chi connectivity index (χ2n) is 11.0. The number of hydrogen-bond acceptors (Lipinski definition) is 1. The summed E-state index contributed by atoms with van der Waals surface area (Å²) in [5.41, 5.74) is 1.29. The minimum atomic E-state index is 0.377. The van der Waals surface area contributed by atoms with E-state index in [1.54, 1.807) is 6.42 Å². The number of aliphatic hydroxyl groups is 1. The van der Waals surface area contributed by atoms with Crippen molar-refractivity contribution < 1.29 is 5.11 Å². The van der Waals surface area contributed by atoms with Gasteiger partial charge in [0, 0.05) is 6.61 Å². The van der Waals surface area contributed by atoms with Gasteiger partial charge in [-0.05, 0) is 111 Å². The molecule has 0 aromatic carbocycles. The van der Waals surface area contributed by atoms with Crippen molar-refractivity contribution >= 4 is 0 Å². The molecule has 1 heteroatoms. The maximum absolute atomic E-state index is 9.25. The van der Waals surface area contributed by atoms with Gasteiger partial charge in [0.25, 0.3) is 0 Å². The van der Waals surface area contributed by atoms with E-state index in [4.69, 9.17) is 0 Å². The standard InChI is InChI=1S/C24H42O/c1-17(7-6-16-25)20-11-12-21-19-10-9-18-8-4-5-14-23(18,2)22(19)13-15-24(20,21)3/h17-22,25H,4-16H2,1-3H3/t17-,18?,19+,20-,21+,22+,23+,24-/m1/s1. The van der Waals surface area contributed by atoms with Gasteiger partial charge in [0.2, 0.25) is 0 Å². The maximum atomic E-state index is 9.25. The molecular weight excluding hydrogens is 304 g/mol. The van der Waals surface area contributed by atoms with Crippen molar-refractivity contribution in [1.29, 1.82) is 0 Å². The summed E-state index contributed by atoms with van der Waals surface area (Å²) in [5.74, 6) is 5.85. The predicted octanol–water partition coefficient (Wildman–Crippen LogP) is 6.44. The lowest BCUT2D eigenvalue weighted by Gasteiger charge is -2.61. The van der Waals surface area contributed by atoms with E-state index in [1.807, 2.05) is 0 Å². The van der Waals surface area contributed by atoms with Crippen LogP contribution in [0, 0.1) is 46.3 Å². The first-order valence-electron chi connectivity index (χ1n) is 11.6. The van der Waals surface area contributed by atoms with E-state index in [2.05, 4.69) is 20.8 Å². The lowest BCUT2D eigenvalue weighted by atomic mass is 9.44. The molecule has 4 aliphatic carbocycles. The van der Waals surface area contributed by atoms with Crippen LogP contribution in [0.15, 0.2) is 0 Å². The molecule has 1 nitrogen and oxygen atoms in total. The smallest absolute Gasteiger partial charge is 0.0431 e. The fourth-order valence-electron chi connectivity index (χ4n) is 8.88. The van der Waals surface area contributed by atoms with E-state index in [-0.39, 0.29) is 0 Å². The third kappa shape index (κ3) is 2.82. The lowest BCUT2D eigenvalue weighted by Crippen LogP contribution is -2.53. The Balaban J connectivity index is 1.53. The van der Waals surface area contributed by atoms with E-state index < -0.39 is 0 Å². The van der Waals surface area contributed by atoms with Gasteiger partial charge in [0.15, 0.2) is 0 Å². The molecule has 0 aliphatic heterocycles. The summed E-state index contributed by atoms with van der Waals surface area (Å²) < 4.78 is 0. The van der Waals surface area contributed by atoms with E-state index in [0.29, 0.717) is 17.4 Å². The normalized spacial score (nSPS) is 50.6. The van der Waals surface area contributed by atoms with Crippen LogP contribution < -0.4 is 0 Å². The van der Waals surface area contributed by atoms with Gasteiger partial charge in [-0.15, -0.1) is 0 Å². The summed E-state index contributed by atoms with van der Waals surface area (Å²) in [6.07, 6.45) is 17.4. The summed E-state index contributed by atoms with van der Waals surface area (Å²) >= 11 is 0. The number of fused-ring (bicyclic) bond motifs is 5. The van der Waals surface area contributed by atoms with Crippen molar-refractivity contribution in [2.45, 2.75) is 97.8 Å². The van der Waals surface area contributed by atoms with E-state index in [1.165, 1.54) is 64.2 Å². The molecule has 0 heterocycles. The third-order valence-electron chi connectivity index (χ3n) is 10.2. The molecule has 0 aromatic rings. The van der Waals surface area contributed by atoms with Crippen molar-refractivity contribution in [3.05, 3.63) is 0 Å². The Morgan fingerprint density at radius 3 is 2.48 bits per heavy atom. The first-order valence-corrected chi connectivity index (χ1v) is 11.6. The van der Waals surface area contributed by atoms with Gasteiger partial charge in [-0.1, -0.05) is 33.6 Å². The summed E-state index contributed by atoms with van der Waals surface area (Å²) in [5, 5.41) is 9.25. The third-order valence-corrected chi connectivity index (χ3v) is 10.2. The van der Waals surface area contributed by atoms with Crippen molar-refractivity contribution in [3.63, 3.8) is 0 Å². The zero-order chi connectivity index (χ0) is 17.7. The maximum Gasteiger partial charge on any atom is 0.0431 e. The first-order chi connectivity index (χ1) is 12.0. The largest absolute Gasteiger partial charge is 0.396 e. The minimum absolute atomic E-state index is 0.377. The van der Waals surface area contributed by atoms with Crippen LogP contribution in [0.2, 0.25) is 0 Å². The fraction of sp³-hybridized carbons (Fsp3) is 1.00. The molecule has 4 fully saturated rings. The molecule has 0 bridgehead atoms. The number of hydrogen-bond donors (Lipinski definition) is 1. The van der Waals surface area contributed by atoms with Gasteiger partial charge in [0.05, 0.1) is 0 Å². The minimum Gasteiger partial charge on any atom is -0.396 e. The van der Waals surface area contributed by atoms with Crippen LogP contribution in [0.4, 0.5) is 0 Å². The van der Waals surface area contributed by atoms with Gasteiger partial charge in [-0.25, -0.2) is 0 Å². The van der Waals surface area contributed by atoms with E-state index in [0.717, 1.165) is 41.9 Å². The highest BCUT2D eigenvalue weighted by Gasteiger charge is 2.59. The molecular formula is C24H42O. The second-order valence-corrected chi connectivity index (χ2v) is 11.0. The Hall–Kier alpha value is -0.0400. The molecule has 1 N–H and O–H groups in total. The van der Waals surface area contributed by atoms with Crippen LogP contribution in [0.5, 0.6) is 0 Å². The Bertz CT molecular complexity index is 473. The van der Waals surface area contributed by atoms with E-state index >= 15 is 0 Å². The first kappa shape index (κ1) is 18.3. The highest BCUT2D eigenvalue weighted by atomic mass is 16.2. The average molecular weight is 347 g/mol. The van der Waals surface area contributed by atoms with Crippen molar-refractivity contribution in [2.24, 2.45) is 46.3 Å². The van der Waals surface area contributed by atoms with Gasteiger partial charge < -0.3 is 5.11 Å². The molecule has 4 rings (SSSR count). The average Bonchev–Trinajstić information content (AvgIpc) is 2.96. The second kappa shape index (κ2) is 6.84. The quantitative estimate of drug-likeness (QED) is 0.620.